The second-order valence-corrected chi connectivity index (χ2v) is 3.31. The molecule has 0 fully saturated rings. The minimum atomic E-state index is -0.548. The van der Waals surface area contributed by atoms with Crippen molar-refractivity contribution in [3.05, 3.63) is 23.9 Å². The highest BCUT2D eigenvalue weighted by atomic mass is 16.5. The molecule has 2 aromatic rings. The number of aromatic nitrogens is 2. The summed E-state index contributed by atoms with van der Waals surface area (Å²) in [6, 6.07) is 5.35. The van der Waals surface area contributed by atoms with E-state index in [9.17, 15) is 4.79 Å². The first-order valence-electron chi connectivity index (χ1n) is 4.72. The van der Waals surface area contributed by atoms with Crippen molar-refractivity contribution < 1.29 is 9.53 Å². The molecular formula is C10H12N4O2. The first-order chi connectivity index (χ1) is 7.63. The summed E-state index contributed by atoms with van der Waals surface area (Å²) in [5, 5.41) is 2.58. The highest BCUT2D eigenvalue weighted by Gasteiger charge is 2.12. The molecule has 0 saturated heterocycles. The van der Waals surface area contributed by atoms with Crippen LogP contribution in [0.25, 0.3) is 5.65 Å². The number of rotatable bonds is 1. The van der Waals surface area contributed by atoms with Crippen molar-refractivity contribution in [2.24, 2.45) is 0 Å². The SMILES string of the molecule is COC(=O)Nc1c(C)nc2cccc(N)n12. The predicted molar refractivity (Wildman–Crippen MR) is 60.4 cm³/mol. The maximum Gasteiger partial charge on any atom is 0.412 e. The molecule has 6 nitrogen and oxygen atoms in total. The van der Waals surface area contributed by atoms with Gasteiger partial charge in [-0.25, -0.2) is 9.78 Å². The van der Waals surface area contributed by atoms with Crippen molar-refractivity contribution >= 4 is 23.4 Å². The molecule has 2 heterocycles. The van der Waals surface area contributed by atoms with Gasteiger partial charge in [0.1, 0.15) is 17.3 Å². The molecule has 0 saturated carbocycles. The van der Waals surface area contributed by atoms with E-state index in [0.29, 0.717) is 23.0 Å². The Morgan fingerprint density at radius 1 is 1.56 bits per heavy atom. The van der Waals surface area contributed by atoms with Gasteiger partial charge in [-0.1, -0.05) is 6.07 Å². The lowest BCUT2D eigenvalue weighted by Gasteiger charge is -2.06. The molecule has 0 radical (unpaired) electrons. The zero-order valence-electron chi connectivity index (χ0n) is 9.02. The molecule has 0 aromatic carbocycles. The van der Waals surface area contributed by atoms with Crippen LogP contribution in [0.4, 0.5) is 16.4 Å². The van der Waals surface area contributed by atoms with E-state index in [-0.39, 0.29) is 0 Å². The van der Waals surface area contributed by atoms with Gasteiger partial charge in [-0.15, -0.1) is 0 Å². The zero-order valence-corrected chi connectivity index (χ0v) is 9.02. The van der Waals surface area contributed by atoms with E-state index in [4.69, 9.17) is 5.73 Å². The van der Waals surface area contributed by atoms with Crippen LogP contribution in [-0.2, 0) is 4.74 Å². The lowest BCUT2D eigenvalue weighted by atomic mass is 10.4. The Balaban J connectivity index is 2.59. The van der Waals surface area contributed by atoms with Crippen LogP contribution in [0.2, 0.25) is 0 Å². The molecule has 0 atom stereocenters. The van der Waals surface area contributed by atoms with Crippen molar-refractivity contribution in [3.63, 3.8) is 0 Å². The Kier molecular flexibility index (Phi) is 2.40. The summed E-state index contributed by atoms with van der Waals surface area (Å²) in [4.78, 5) is 15.4. The van der Waals surface area contributed by atoms with Gasteiger partial charge in [0.2, 0.25) is 0 Å². The van der Waals surface area contributed by atoms with Crippen LogP contribution in [-0.4, -0.2) is 22.6 Å². The molecule has 16 heavy (non-hydrogen) atoms. The molecule has 0 unspecified atom stereocenters. The summed E-state index contributed by atoms with van der Waals surface area (Å²) in [6.45, 7) is 1.79. The van der Waals surface area contributed by atoms with Gasteiger partial charge in [-0.3, -0.25) is 9.72 Å². The van der Waals surface area contributed by atoms with E-state index in [2.05, 4.69) is 15.0 Å². The summed E-state index contributed by atoms with van der Waals surface area (Å²) in [5.74, 6) is 1.03. The molecule has 0 aliphatic carbocycles. The van der Waals surface area contributed by atoms with Gasteiger partial charge in [0.25, 0.3) is 0 Å². The number of anilines is 2. The zero-order chi connectivity index (χ0) is 11.7. The van der Waals surface area contributed by atoms with Crippen LogP contribution in [0.3, 0.4) is 0 Å². The molecule has 2 aromatic heterocycles. The van der Waals surface area contributed by atoms with Crippen LogP contribution in [0, 0.1) is 6.92 Å². The van der Waals surface area contributed by atoms with Gasteiger partial charge in [0.05, 0.1) is 12.8 Å². The third-order valence-corrected chi connectivity index (χ3v) is 2.25. The van der Waals surface area contributed by atoms with Crippen molar-refractivity contribution in [2.75, 3.05) is 18.2 Å². The van der Waals surface area contributed by atoms with Gasteiger partial charge in [0.15, 0.2) is 0 Å². The molecule has 6 heteroatoms. The van der Waals surface area contributed by atoms with Crippen molar-refractivity contribution in [2.45, 2.75) is 6.92 Å². The average Bonchev–Trinajstić information content (AvgIpc) is 2.56. The minimum Gasteiger partial charge on any atom is -0.453 e. The maximum absolute atomic E-state index is 11.2. The van der Waals surface area contributed by atoms with Gasteiger partial charge >= 0.3 is 6.09 Å². The van der Waals surface area contributed by atoms with E-state index in [0.717, 1.165) is 0 Å². The Morgan fingerprint density at radius 2 is 2.31 bits per heavy atom. The smallest absolute Gasteiger partial charge is 0.412 e. The third kappa shape index (κ3) is 1.54. The third-order valence-electron chi connectivity index (χ3n) is 2.25. The molecule has 0 bridgehead atoms. The summed E-state index contributed by atoms with van der Waals surface area (Å²) in [5.41, 5.74) is 7.19. The number of carbonyl (C=O) groups is 1. The van der Waals surface area contributed by atoms with E-state index < -0.39 is 6.09 Å². The largest absolute Gasteiger partial charge is 0.453 e. The number of nitrogens with one attached hydrogen (secondary N) is 1. The van der Waals surface area contributed by atoms with Crippen LogP contribution in [0.1, 0.15) is 5.69 Å². The molecule has 3 N–H and O–H groups in total. The standard InChI is InChI=1S/C10H12N4O2/c1-6-9(13-10(15)16-2)14-7(11)4-3-5-8(14)12-6/h3-5H,11H2,1-2H3,(H,13,15). The number of hydrogen-bond acceptors (Lipinski definition) is 4. The van der Waals surface area contributed by atoms with E-state index in [1.54, 1.807) is 23.5 Å². The lowest BCUT2D eigenvalue weighted by Crippen LogP contribution is -2.14. The quantitative estimate of drug-likeness (QED) is 0.761. The number of amides is 1. The fraction of sp³-hybridized carbons (Fsp3) is 0.200. The van der Waals surface area contributed by atoms with Crippen LogP contribution >= 0.6 is 0 Å². The number of imidazole rings is 1. The Morgan fingerprint density at radius 3 is 3.00 bits per heavy atom. The van der Waals surface area contributed by atoms with E-state index in [1.807, 2.05) is 6.07 Å². The number of hydrogen-bond donors (Lipinski definition) is 2. The van der Waals surface area contributed by atoms with E-state index >= 15 is 0 Å². The average molecular weight is 220 g/mol. The molecule has 84 valence electrons. The van der Waals surface area contributed by atoms with Crippen LogP contribution in [0.15, 0.2) is 18.2 Å². The summed E-state index contributed by atoms with van der Waals surface area (Å²) >= 11 is 0. The number of ether oxygens (including phenoxy) is 1. The number of nitrogens with two attached hydrogens (primary N) is 1. The fourth-order valence-electron chi connectivity index (χ4n) is 1.53. The maximum atomic E-state index is 11.2. The molecular weight excluding hydrogens is 208 g/mol. The summed E-state index contributed by atoms with van der Waals surface area (Å²) in [7, 11) is 1.30. The first kappa shape index (κ1) is 10.3. The second-order valence-electron chi connectivity index (χ2n) is 3.31. The second kappa shape index (κ2) is 3.73. The van der Waals surface area contributed by atoms with Gasteiger partial charge < -0.3 is 10.5 Å². The van der Waals surface area contributed by atoms with Crippen molar-refractivity contribution in [1.82, 2.24) is 9.38 Å². The number of nitrogens with zero attached hydrogens (tertiary/aromatic N) is 2. The van der Waals surface area contributed by atoms with Gasteiger partial charge in [0, 0.05) is 0 Å². The molecule has 1 amide bonds. The number of pyridine rings is 1. The normalized spacial score (nSPS) is 10.4. The highest BCUT2D eigenvalue weighted by molar-refractivity contribution is 5.85. The van der Waals surface area contributed by atoms with E-state index in [1.165, 1.54) is 7.11 Å². The Bertz CT molecular complexity index is 547. The Hall–Kier alpha value is -2.24. The van der Waals surface area contributed by atoms with Crippen LogP contribution < -0.4 is 11.1 Å². The summed E-state index contributed by atoms with van der Waals surface area (Å²) in [6.07, 6.45) is -0.548. The molecule has 0 aliphatic heterocycles. The van der Waals surface area contributed by atoms with Crippen molar-refractivity contribution in [1.29, 1.82) is 0 Å². The Labute approximate surface area is 92.0 Å². The number of aryl methyl sites for hydroxylation is 1. The number of nitrogen functional groups attached to an aromatic ring is 1. The predicted octanol–water partition coefficient (Wildman–Crippen LogP) is 1.40. The number of fused-ring (bicyclic) bond motifs is 1. The van der Waals surface area contributed by atoms with Crippen LogP contribution in [0.5, 0.6) is 0 Å². The summed E-state index contributed by atoms with van der Waals surface area (Å²) < 4.78 is 6.19. The van der Waals surface area contributed by atoms with Gasteiger partial charge in [-0.2, -0.15) is 0 Å². The van der Waals surface area contributed by atoms with Crippen molar-refractivity contribution in [3.8, 4) is 0 Å². The highest BCUT2D eigenvalue weighted by Crippen LogP contribution is 2.20. The number of methoxy groups -OCH3 is 1. The lowest BCUT2D eigenvalue weighted by molar-refractivity contribution is 0.186. The van der Waals surface area contributed by atoms with Gasteiger partial charge in [-0.05, 0) is 19.1 Å². The molecule has 0 aliphatic rings. The first-order valence-corrected chi connectivity index (χ1v) is 4.72. The molecule has 0 spiro atoms. The molecule has 2 rings (SSSR count). The number of carbonyl (C=O) groups excluding carboxylic acids is 1. The minimum absolute atomic E-state index is 0.504. The topological polar surface area (TPSA) is 81.6 Å². The monoisotopic (exact) mass is 220 g/mol. The fourth-order valence-corrected chi connectivity index (χ4v) is 1.53.